The third kappa shape index (κ3) is 6.21. The van der Waals surface area contributed by atoms with Crippen molar-refractivity contribution in [2.24, 2.45) is 0 Å². The fraction of sp³-hybridized carbons (Fsp3) is 0.273. The SMILES string of the molecule is CCn1cc(C(=O)O)c(=O)c2cc(F)c(N3CCN(Cc4ccc(S(=O)(=O)NCCc5c[nH]c6ccccc56)cc4)CC3)cc21. The number of nitrogens with one attached hydrogen (secondary N) is 2. The number of pyridine rings is 1. The number of hydrogen-bond acceptors (Lipinski definition) is 6. The zero-order chi connectivity index (χ0) is 31.7. The Morgan fingerprint density at radius 1 is 1.02 bits per heavy atom. The number of nitrogens with zero attached hydrogens (tertiary/aromatic N) is 3. The molecule has 0 atom stereocenters. The number of anilines is 1. The van der Waals surface area contributed by atoms with Crippen LogP contribution in [-0.4, -0.2) is 66.7 Å². The van der Waals surface area contributed by atoms with Gasteiger partial charge in [0.25, 0.3) is 0 Å². The minimum absolute atomic E-state index is 0.0478. The highest BCUT2D eigenvalue weighted by Crippen LogP contribution is 2.27. The number of piperazine rings is 1. The minimum Gasteiger partial charge on any atom is -0.477 e. The lowest BCUT2D eigenvalue weighted by molar-refractivity contribution is 0.0694. The van der Waals surface area contributed by atoms with Crippen LogP contribution in [0.4, 0.5) is 10.1 Å². The van der Waals surface area contributed by atoms with Crippen molar-refractivity contribution in [3.8, 4) is 0 Å². The molecule has 3 aromatic carbocycles. The molecule has 45 heavy (non-hydrogen) atoms. The van der Waals surface area contributed by atoms with Crippen LogP contribution in [0.2, 0.25) is 0 Å². The molecular formula is C33H34FN5O5S. The molecule has 3 heterocycles. The predicted molar refractivity (Wildman–Crippen MR) is 172 cm³/mol. The number of aromatic amines is 1. The van der Waals surface area contributed by atoms with Crippen LogP contribution >= 0.6 is 0 Å². The zero-order valence-corrected chi connectivity index (χ0v) is 25.6. The molecule has 1 aliphatic rings. The zero-order valence-electron chi connectivity index (χ0n) is 24.8. The third-order valence-corrected chi connectivity index (χ3v) is 9.91. The molecule has 5 aromatic rings. The summed E-state index contributed by atoms with van der Waals surface area (Å²) in [6, 6.07) is 17.6. The normalized spacial score (nSPS) is 14.4. The van der Waals surface area contributed by atoms with E-state index in [0.717, 1.165) is 28.1 Å². The van der Waals surface area contributed by atoms with Gasteiger partial charge < -0.3 is 19.6 Å². The number of H-pyrrole nitrogens is 1. The van der Waals surface area contributed by atoms with Crippen molar-refractivity contribution in [1.82, 2.24) is 19.2 Å². The lowest BCUT2D eigenvalue weighted by atomic mass is 10.1. The average Bonchev–Trinajstić information content (AvgIpc) is 3.45. The van der Waals surface area contributed by atoms with Crippen LogP contribution in [-0.2, 0) is 29.5 Å². The van der Waals surface area contributed by atoms with E-state index in [2.05, 4.69) is 14.6 Å². The molecule has 234 valence electrons. The standard InChI is InChI=1S/C33H34FN5O5S/c1-2-38-21-27(33(41)42)32(40)26-17-28(34)31(18-30(26)38)39-15-13-37(14-16-39)20-22-7-9-24(10-8-22)45(43,44)36-12-11-23-19-35-29-6-4-3-5-25(23)29/h3-10,17-19,21,35-36H,2,11-16,20H2,1H3,(H,41,42). The number of aromatic nitrogens is 2. The van der Waals surface area contributed by atoms with Crippen LogP contribution < -0.4 is 15.1 Å². The maximum atomic E-state index is 15.2. The maximum absolute atomic E-state index is 15.2. The topological polar surface area (TPSA) is 128 Å². The molecule has 0 amide bonds. The Morgan fingerprint density at radius 2 is 1.76 bits per heavy atom. The van der Waals surface area contributed by atoms with E-state index in [1.807, 2.05) is 54.4 Å². The molecule has 1 saturated heterocycles. The number of carboxylic acids is 1. The Morgan fingerprint density at radius 3 is 2.47 bits per heavy atom. The van der Waals surface area contributed by atoms with Crippen LogP contribution in [0.5, 0.6) is 0 Å². The second-order valence-corrected chi connectivity index (χ2v) is 13.0. The van der Waals surface area contributed by atoms with Gasteiger partial charge in [-0.15, -0.1) is 0 Å². The summed E-state index contributed by atoms with van der Waals surface area (Å²) >= 11 is 0. The fourth-order valence-corrected chi connectivity index (χ4v) is 7.01. The Kier molecular flexibility index (Phi) is 8.45. The number of benzene rings is 3. The number of carboxylic acid groups (broad SMARTS) is 1. The van der Waals surface area contributed by atoms with Gasteiger partial charge in [-0.25, -0.2) is 22.3 Å². The van der Waals surface area contributed by atoms with Gasteiger partial charge in [0.05, 0.1) is 16.1 Å². The van der Waals surface area contributed by atoms with Crippen LogP contribution in [0.15, 0.2) is 82.7 Å². The lowest BCUT2D eigenvalue weighted by Gasteiger charge is -2.36. The van der Waals surface area contributed by atoms with Crippen molar-refractivity contribution >= 4 is 43.5 Å². The van der Waals surface area contributed by atoms with Crippen molar-refractivity contribution in [3.63, 3.8) is 0 Å². The monoisotopic (exact) mass is 631 g/mol. The lowest BCUT2D eigenvalue weighted by Crippen LogP contribution is -2.46. The molecule has 3 N–H and O–H groups in total. The number of halogens is 1. The number of sulfonamides is 1. The van der Waals surface area contributed by atoms with Gasteiger partial charge in [-0.2, -0.15) is 0 Å². The summed E-state index contributed by atoms with van der Waals surface area (Å²) in [5.41, 5.74) is 2.84. The van der Waals surface area contributed by atoms with Gasteiger partial charge in [0.15, 0.2) is 0 Å². The Bertz CT molecular complexity index is 2050. The smallest absolute Gasteiger partial charge is 0.341 e. The summed E-state index contributed by atoms with van der Waals surface area (Å²) in [6.45, 7) is 5.59. The van der Waals surface area contributed by atoms with Crippen molar-refractivity contribution in [1.29, 1.82) is 0 Å². The van der Waals surface area contributed by atoms with Crippen LogP contribution in [0.25, 0.3) is 21.8 Å². The molecule has 1 fully saturated rings. The molecule has 2 aromatic heterocycles. The molecule has 0 bridgehead atoms. The number of fused-ring (bicyclic) bond motifs is 2. The van der Waals surface area contributed by atoms with Gasteiger partial charge in [0.1, 0.15) is 11.4 Å². The fourth-order valence-electron chi connectivity index (χ4n) is 5.98. The number of aromatic carboxylic acids is 1. The van der Waals surface area contributed by atoms with Gasteiger partial charge >= 0.3 is 5.97 Å². The summed E-state index contributed by atoms with van der Waals surface area (Å²) < 4.78 is 45.4. The highest BCUT2D eigenvalue weighted by atomic mass is 32.2. The first-order valence-electron chi connectivity index (χ1n) is 14.9. The van der Waals surface area contributed by atoms with Gasteiger partial charge in [-0.05, 0) is 54.8 Å². The van der Waals surface area contributed by atoms with E-state index in [9.17, 15) is 23.1 Å². The molecule has 0 aliphatic carbocycles. The van der Waals surface area contributed by atoms with E-state index in [4.69, 9.17) is 0 Å². The van der Waals surface area contributed by atoms with E-state index in [0.29, 0.717) is 56.9 Å². The number of aryl methyl sites for hydroxylation is 1. The molecule has 0 unspecified atom stereocenters. The minimum atomic E-state index is -3.66. The largest absolute Gasteiger partial charge is 0.477 e. The second kappa shape index (κ2) is 12.5. The van der Waals surface area contributed by atoms with E-state index >= 15 is 4.39 Å². The van der Waals surface area contributed by atoms with Crippen molar-refractivity contribution in [2.45, 2.75) is 31.3 Å². The summed E-state index contributed by atoms with van der Waals surface area (Å²) in [5.74, 6) is -1.90. The van der Waals surface area contributed by atoms with Crippen LogP contribution in [0.1, 0.15) is 28.4 Å². The Labute approximate surface area is 259 Å². The van der Waals surface area contributed by atoms with Crippen LogP contribution in [0.3, 0.4) is 0 Å². The Hall–Kier alpha value is -4.52. The van der Waals surface area contributed by atoms with Gasteiger partial charge in [-0.3, -0.25) is 9.69 Å². The van der Waals surface area contributed by atoms with Crippen molar-refractivity contribution < 1.29 is 22.7 Å². The van der Waals surface area contributed by atoms with Crippen LogP contribution in [0, 0.1) is 5.82 Å². The maximum Gasteiger partial charge on any atom is 0.341 e. The molecule has 6 rings (SSSR count). The first kappa shape index (κ1) is 30.5. The van der Waals surface area contributed by atoms with Gasteiger partial charge in [0, 0.05) is 74.5 Å². The van der Waals surface area contributed by atoms with E-state index in [-0.39, 0.29) is 22.4 Å². The predicted octanol–water partition coefficient (Wildman–Crippen LogP) is 4.18. The molecule has 1 aliphatic heterocycles. The highest BCUT2D eigenvalue weighted by molar-refractivity contribution is 7.89. The first-order valence-corrected chi connectivity index (χ1v) is 16.3. The summed E-state index contributed by atoms with van der Waals surface area (Å²) in [4.78, 5) is 31.8. The van der Waals surface area contributed by atoms with Gasteiger partial charge in [0.2, 0.25) is 15.5 Å². The molecule has 12 heteroatoms. The summed E-state index contributed by atoms with van der Waals surface area (Å²) in [5, 5.41) is 10.5. The van der Waals surface area contributed by atoms with E-state index < -0.39 is 27.2 Å². The number of hydrogen-bond donors (Lipinski definition) is 3. The number of para-hydroxylation sites is 1. The summed E-state index contributed by atoms with van der Waals surface area (Å²) in [6.07, 6.45) is 3.79. The first-order chi connectivity index (χ1) is 21.6. The van der Waals surface area contributed by atoms with Crippen molar-refractivity contribution in [2.75, 3.05) is 37.6 Å². The highest BCUT2D eigenvalue weighted by Gasteiger charge is 2.23. The summed E-state index contributed by atoms with van der Waals surface area (Å²) in [7, 11) is -3.66. The molecule has 0 spiro atoms. The molecule has 0 radical (unpaired) electrons. The Balaban J connectivity index is 1.06. The molecule has 0 saturated carbocycles. The van der Waals surface area contributed by atoms with Gasteiger partial charge in [-0.1, -0.05) is 30.3 Å². The van der Waals surface area contributed by atoms with E-state index in [1.54, 1.807) is 22.8 Å². The number of carbonyl (C=O) groups is 1. The second-order valence-electron chi connectivity index (χ2n) is 11.2. The molecular weight excluding hydrogens is 597 g/mol. The molecule has 10 nitrogen and oxygen atoms in total. The third-order valence-electron chi connectivity index (χ3n) is 8.43. The average molecular weight is 632 g/mol. The van der Waals surface area contributed by atoms with Crippen molar-refractivity contribution in [3.05, 3.63) is 106 Å². The number of rotatable bonds is 10. The quantitative estimate of drug-likeness (QED) is 0.211. The van der Waals surface area contributed by atoms with E-state index in [1.165, 1.54) is 6.20 Å².